The van der Waals surface area contributed by atoms with E-state index in [2.05, 4.69) is 25.8 Å². The van der Waals surface area contributed by atoms with Crippen molar-refractivity contribution in [2.45, 2.75) is 51.6 Å². The van der Waals surface area contributed by atoms with Gasteiger partial charge in [0.1, 0.15) is 5.78 Å². The summed E-state index contributed by atoms with van der Waals surface area (Å²) in [5, 5.41) is 0. The standard InChI is InChI=1S/C14H25NO2/c1-4-10(5-2)14(16)11-6-12-8-17-9-13(7-11)15(12)3/h10-13H,4-9H2,1-3H3. The molecule has 0 N–H and O–H groups in total. The van der Waals surface area contributed by atoms with Crippen molar-refractivity contribution in [3.05, 3.63) is 0 Å². The van der Waals surface area contributed by atoms with Gasteiger partial charge in [0.15, 0.2) is 0 Å². The van der Waals surface area contributed by atoms with Crippen LogP contribution in [0, 0.1) is 11.8 Å². The number of likely N-dealkylation sites (N-methyl/N-ethyl adjacent to an activating group) is 1. The van der Waals surface area contributed by atoms with Crippen molar-refractivity contribution in [1.29, 1.82) is 0 Å². The van der Waals surface area contributed by atoms with Crippen LogP contribution in [0.5, 0.6) is 0 Å². The molecule has 3 nitrogen and oxygen atoms in total. The molecule has 17 heavy (non-hydrogen) atoms. The molecule has 2 fully saturated rings. The van der Waals surface area contributed by atoms with E-state index in [1.165, 1.54) is 0 Å². The van der Waals surface area contributed by atoms with Gasteiger partial charge in [0.05, 0.1) is 13.2 Å². The highest BCUT2D eigenvalue weighted by molar-refractivity contribution is 5.83. The van der Waals surface area contributed by atoms with Gasteiger partial charge in [-0.2, -0.15) is 0 Å². The van der Waals surface area contributed by atoms with Crippen LogP contribution < -0.4 is 0 Å². The first-order valence-electron chi connectivity index (χ1n) is 7.00. The first-order valence-corrected chi connectivity index (χ1v) is 7.00. The van der Waals surface area contributed by atoms with Gasteiger partial charge < -0.3 is 4.74 Å². The van der Waals surface area contributed by atoms with Crippen LogP contribution >= 0.6 is 0 Å². The SMILES string of the molecule is CCC(CC)C(=O)C1CC2COCC(C1)N2C. The summed E-state index contributed by atoms with van der Waals surface area (Å²) in [5.74, 6) is 1.08. The second-order valence-corrected chi connectivity index (χ2v) is 5.59. The normalized spacial score (nSPS) is 34.0. The van der Waals surface area contributed by atoms with Gasteiger partial charge in [-0.3, -0.25) is 9.69 Å². The number of piperidine rings is 1. The number of ether oxygens (including phenoxy) is 1. The average Bonchev–Trinajstić information content (AvgIpc) is 2.30. The van der Waals surface area contributed by atoms with E-state index in [-0.39, 0.29) is 11.8 Å². The lowest BCUT2D eigenvalue weighted by Crippen LogP contribution is -2.56. The van der Waals surface area contributed by atoms with Crippen molar-refractivity contribution in [1.82, 2.24) is 4.90 Å². The third kappa shape index (κ3) is 2.55. The Morgan fingerprint density at radius 2 is 1.76 bits per heavy atom. The molecule has 0 aromatic rings. The fraction of sp³-hybridized carbons (Fsp3) is 0.929. The first-order chi connectivity index (χ1) is 8.17. The summed E-state index contributed by atoms with van der Waals surface area (Å²) in [6, 6.07) is 0.927. The topological polar surface area (TPSA) is 29.5 Å². The molecule has 0 spiro atoms. The van der Waals surface area contributed by atoms with Gasteiger partial charge in [0.2, 0.25) is 0 Å². The van der Waals surface area contributed by atoms with E-state index in [1.807, 2.05) is 0 Å². The summed E-state index contributed by atoms with van der Waals surface area (Å²) in [5.41, 5.74) is 0. The van der Waals surface area contributed by atoms with Crippen LogP contribution in [0.1, 0.15) is 39.5 Å². The van der Waals surface area contributed by atoms with Crippen molar-refractivity contribution in [3.8, 4) is 0 Å². The van der Waals surface area contributed by atoms with Gasteiger partial charge in [0.25, 0.3) is 0 Å². The lowest BCUT2D eigenvalue weighted by Gasteiger charge is -2.46. The van der Waals surface area contributed by atoms with Gasteiger partial charge in [-0.1, -0.05) is 13.8 Å². The molecular weight excluding hydrogens is 214 g/mol. The number of carbonyl (C=O) groups excluding carboxylic acids is 1. The van der Waals surface area contributed by atoms with Crippen LogP contribution in [-0.4, -0.2) is 43.0 Å². The Balaban J connectivity index is 2.01. The van der Waals surface area contributed by atoms with Gasteiger partial charge in [-0.25, -0.2) is 0 Å². The number of carbonyl (C=O) groups is 1. The van der Waals surface area contributed by atoms with Gasteiger partial charge in [0, 0.05) is 23.9 Å². The molecule has 0 saturated carbocycles. The average molecular weight is 239 g/mol. The summed E-state index contributed by atoms with van der Waals surface area (Å²) in [6.07, 6.45) is 3.99. The van der Waals surface area contributed by atoms with Crippen molar-refractivity contribution < 1.29 is 9.53 Å². The maximum absolute atomic E-state index is 12.4. The predicted molar refractivity (Wildman–Crippen MR) is 68.0 cm³/mol. The minimum Gasteiger partial charge on any atom is -0.378 e. The third-order valence-corrected chi connectivity index (χ3v) is 4.68. The summed E-state index contributed by atoms with van der Waals surface area (Å²) >= 11 is 0. The van der Waals surface area contributed by atoms with Crippen molar-refractivity contribution >= 4 is 5.78 Å². The van der Waals surface area contributed by atoms with Crippen molar-refractivity contribution in [3.63, 3.8) is 0 Å². The molecule has 2 heterocycles. The van der Waals surface area contributed by atoms with E-state index in [4.69, 9.17) is 4.74 Å². The summed E-state index contributed by atoms with van der Waals surface area (Å²) in [4.78, 5) is 14.9. The summed E-state index contributed by atoms with van der Waals surface area (Å²) in [6.45, 7) is 5.87. The van der Waals surface area contributed by atoms with E-state index >= 15 is 0 Å². The molecular formula is C14H25NO2. The van der Waals surface area contributed by atoms with Crippen LogP contribution in [0.25, 0.3) is 0 Å². The fourth-order valence-corrected chi connectivity index (χ4v) is 3.35. The number of hydrogen-bond acceptors (Lipinski definition) is 3. The summed E-state index contributed by atoms with van der Waals surface area (Å²) in [7, 11) is 2.18. The predicted octanol–water partition coefficient (Wildman–Crippen LogP) is 2.10. The molecule has 0 aromatic heterocycles. The molecule has 3 heteroatoms. The lowest BCUT2D eigenvalue weighted by molar-refractivity contribution is -0.135. The summed E-state index contributed by atoms with van der Waals surface area (Å²) < 4.78 is 5.60. The van der Waals surface area contributed by atoms with Crippen LogP contribution in [0.3, 0.4) is 0 Å². The fourth-order valence-electron chi connectivity index (χ4n) is 3.35. The zero-order valence-electron chi connectivity index (χ0n) is 11.3. The van der Waals surface area contributed by atoms with Crippen molar-refractivity contribution in [2.75, 3.05) is 20.3 Å². The highest BCUT2D eigenvalue weighted by Gasteiger charge is 2.40. The number of morpholine rings is 1. The monoisotopic (exact) mass is 239 g/mol. The third-order valence-electron chi connectivity index (χ3n) is 4.68. The van der Waals surface area contributed by atoms with E-state index in [0.717, 1.165) is 38.9 Å². The quantitative estimate of drug-likeness (QED) is 0.752. The Labute approximate surface area is 105 Å². The Morgan fingerprint density at radius 1 is 1.24 bits per heavy atom. The highest BCUT2D eigenvalue weighted by atomic mass is 16.5. The van der Waals surface area contributed by atoms with Gasteiger partial charge in [-0.05, 0) is 32.7 Å². The Hall–Kier alpha value is -0.410. The molecule has 2 atom stereocenters. The molecule has 0 amide bonds. The Kier molecular flexibility index (Phi) is 4.21. The number of Topliss-reactive ketones (excluding diaryl/α,β-unsaturated/α-hetero) is 1. The molecule has 2 bridgehead atoms. The van der Waals surface area contributed by atoms with E-state index < -0.39 is 0 Å². The van der Waals surface area contributed by atoms with Crippen LogP contribution in [0.2, 0.25) is 0 Å². The van der Waals surface area contributed by atoms with Gasteiger partial charge in [-0.15, -0.1) is 0 Å². The number of rotatable bonds is 4. The minimum absolute atomic E-state index is 0.282. The van der Waals surface area contributed by atoms with E-state index in [9.17, 15) is 4.79 Å². The van der Waals surface area contributed by atoms with Crippen LogP contribution in [-0.2, 0) is 9.53 Å². The second-order valence-electron chi connectivity index (χ2n) is 5.59. The number of hydrogen-bond donors (Lipinski definition) is 0. The first kappa shape index (κ1) is 13.0. The van der Waals surface area contributed by atoms with E-state index in [1.54, 1.807) is 0 Å². The zero-order valence-corrected chi connectivity index (χ0v) is 11.3. The molecule has 0 aliphatic carbocycles. The molecule has 2 rings (SSSR count). The molecule has 98 valence electrons. The minimum atomic E-state index is 0.282. The smallest absolute Gasteiger partial charge is 0.139 e. The van der Waals surface area contributed by atoms with Crippen molar-refractivity contribution in [2.24, 2.45) is 11.8 Å². The van der Waals surface area contributed by atoms with Crippen LogP contribution in [0.15, 0.2) is 0 Å². The Morgan fingerprint density at radius 3 is 2.24 bits per heavy atom. The second kappa shape index (κ2) is 5.49. The largest absolute Gasteiger partial charge is 0.378 e. The molecule has 0 radical (unpaired) electrons. The van der Waals surface area contributed by atoms with Crippen LogP contribution in [0.4, 0.5) is 0 Å². The molecule has 2 aliphatic rings. The van der Waals surface area contributed by atoms with Gasteiger partial charge >= 0.3 is 0 Å². The van der Waals surface area contributed by atoms with E-state index in [0.29, 0.717) is 17.9 Å². The number of fused-ring (bicyclic) bond motifs is 2. The molecule has 2 aliphatic heterocycles. The Bertz CT molecular complexity index is 261. The molecule has 2 saturated heterocycles. The zero-order chi connectivity index (χ0) is 12.4. The number of nitrogens with zero attached hydrogens (tertiary/aromatic N) is 1. The number of ketones is 1. The molecule has 2 unspecified atom stereocenters. The molecule has 0 aromatic carbocycles. The highest BCUT2D eigenvalue weighted by Crippen LogP contribution is 2.33. The maximum atomic E-state index is 12.4. The lowest BCUT2D eigenvalue weighted by atomic mass is 9.78. The maximum Gasteiger partial charge on any atom is 0.139 e.